The van der Waals surface area contributed by atoms with Crippen molar-refractivity contribution in [2.45, 2.75) is 44.2 Å². The lowest BCUT2D eigenvalue weighted by Gasteiger charge is -2.29. The second kappa shape index (κ2) is 7.54. The van der Waals surface area contributed by atoms with Crippen LogP contribution in [-0.4, -0.2) is 41.8 Å². The lowest BCUT2D eigenvalue weighted by Crippen LogP contribution is -2.34. The van der Waals surface area contributed by atoms with Gasteiger partial charge in [-0.1, -0.05) is 23.4 Å². The van der Waals surface area contributed by atoms with E-state index in [1.807, 2.05) is 12.1 Å². The minimum atomic E-state index is 0.296. The Hall–Kier alpha value is -1.92. The van der Waals surface area contributed by atoms with Gasteiger partial charge in [-0.2, -0.15) is 4.98 Å². The Bertz CT molecular complexity index is 692. The quantitative estimate of drug-likeness (QED) is 0.796. The molecule has 2 fully saturated rings. The smallest absolute Gasteiger partial charge is 0.240 e. The van der Waals surface area contributed by atoms with E-state index < -0.39 is 0 Å². The van der Waals surface area contributed by atoms with E-state index in [1.165, 1.54) is 31.2 Å². The van der Waals surface area contributed by atoms with Crippen molar-refractivity contribution in [2.75, 3.05) is 26.7 Å². The lowest BCUT2D eigenvalue weighted by atomic mass is 10.0. The Labute approximate surface area is 148 Å². The fourth-order valence-electron chi connectivity index (χ4n) is 3.59. The van der Waals surface area contributed by atoms with Crippen LogP contribution in [0.4, 0.5) is 0 Å². The third kappa shape index (κ3) is 3.85. The molecular formula is C19H26N4O2. The van der Waals surface area contributed by atoms with Crippen molar-refractivity contribution in [2.24, 2.45) is 0 Å². The fraction of sp³-hybridized carbons (Fsp3) is 0.579. The average Bonchev–Trinajstić information content (AvgIpc) is 3.16. The second-order valence-electron chi connectivity index (χ2n) is 6.95. The zero-order valence-electron chi connectivity index (χ0n) is 14.8. The zero-order chi connectivity index (χ0) is 17.1. The molecule has 2 aliphatic rings. The van der Waals surface area contributed by atoms with Gasteiger partial charge in [0.05, 0.1) is 19.7 Å². The molecule has 0 spiro atoms. The maximum atomic E-state index is 5.59. The highest BCUT2D eigenvalue weighted by molar-refractivity contribution is 5.36. The van der Waals surface area contributed by atoms with Crippen LogP contribution in [0.25, 0.3) is 0 Å². The third-order valence-electron chi connectivity index (χ3n) is 5.12. The summed E-state index contributed by atoms with van der Waals surface area (Å²) < 4.78 is 11.0. The molecule has 6 heteroatoms. The van der Waals surface area contributed by atoms with E-state index >= 15 is 0 Å². The van der Waals surface area contributed by atoms with Crippen molar-refractivity contribution in [3.05, 3.63) is 41.5 Å². The van der Waals surface area contributed by atoms with Gasteiger partial charge in [-0.05, 0) is 44.8 Å². The SMILES string of the molecule is COc1ccccc1[C@@H](CNCc1nc(C2CC2)no1)N1CCCC1. The molecule has 0 radical (unpaired) electrons. The number of benzene rings is 1. The first-order valence-electron chi connectivity index (χ1n) is 9.25. The number of aromatic nitrogens is 2. The Morgan fingerprint density at radius 3 is 2.84 bits per heavy atom. The predicted molar refractivity (Wildman–Crippen MR) is 94.5 cm³/mol. The van der Waals surface area contributed by atoms with Crippen LogP contribution in [-0.2, 0) is 6.54 Å². The number of hydrogen-bond donors (Lipinski definition) is 1. The monoisotopic (exact) mass is 342 g/mol. The van der Waals surface area contributed by atoms with Crippen LogP contribution in [0.2, 0.25) is 0 Å². The molecule has 1 aromatic carbocycles. The van der Waals surface area contributed by atoms with Crippen LogP contribution in [0.3, 0.4) is 0 Å². The van der Waals surface area contributed by atoms with Gasteiger partial charge in [0.25, 0.3) is 0 Å². The van der Waals surface area contributed by atoms with Crippen LogP contribution in [0.1, 0.15) is 54.9 Å². The molecule has 134 valence electrons. The van der Waals surface area contributed by atoms with E-state index in [0.29, 0.717) is 24.4 Å². The maximum absolute atomic E-state index is 5.59. The second-order valence-corrected chi connectivity index (χ2v) is 6.95. The molecule has 1 atom stereocenters. The van der Waals surface area contributed by atoms with Crippen molar-refractivity contribution in [1.82, 2.24) is 20.4 Å². The van der Waals surface area contributed by atoms with Gasteiger partial charge < -0.3 is 14.6 Å². The summed E-state index contributed by atoms with van der Waals surface area (Å²) in [6.45, 7) is 3.72. The largest absolute Gasteiger partial charge is 0.496 e. The summed E-state index contributed by atoms with van der Waals surface area (Å²) >= 11 is 0. The molecule has 1 N–H and O–H groups in total. The summed E-state index contributed by atoms with van der Waals surface area (Å²) in [6, 6.07) is 8.61. The number of para-hydroxylation sites is 1. The lowest BCUT2D eigenvalue weighted by molar-refractivity contribution is 0.230. The standard InChI is InChI=1S/C19H26N4O2/c1-24-17-7-3-2-6-15(17)16(23-10-4-5-11-23)12-20-13-18-21-19(22-25-18)14-8-9-14/h2-3,6-7,14,16,20H,4-5,8-13H2,1H3/t16-/m1/s1. The number of nitrogens with zero attached hydrogens (tertiary/aromatic N) is 3. The van der Waals surface area contributed by atoms with E-state index in [1.54, 1.807) is 7.11 Å². The van der Waals surface area contributed by atoms with Gasteiger partial charge >= 0.3 is 0 Å². The Morgan fingerprint density at radius 2 is 2.08 bits per heavy atom. The molecular weight excluding hydrogens is 316 g/mol. The first-order chi connectivity index (χ1) is 12.3. The molecule has 6 nitrogen and oxygen atoms in total. The number of nitrogens with one attached hydrogen (secondary N) is 1. The normalized spacial score (nSPS) is 19.2. The van der Waals surface area contributed by atoms with Gasteiger partial charge in [-0.25, -0.2) is 0 Å². The first kappa shape index (κ1) is 16.5. The van der Waals surface area contributed by atoms with Crippen molar-refractivity contribution >= 4 is 0 Å². The zero-order valence-corrected chi connectivity index (χ0v) is 14.8. The van der Waals surface area contributed by atoms with E-state index in [2.05, 4.69) is 32.5 Å². The number of rotatable bonds is 8. The molecule has 1 saturated carbocycles. The van der Waals surface area contributed by atoms with Crippen molar-refractivity contribution in [3.8, 4) is 5.75 Å². The van der Waals surface area contributed by atoms with Gasteiger partial charge in [0.1, 0.15) is 5.75 Å². The molecule has 25 heavy (non-hydrogen) atoms. The molecule has 2 aromatic rings. The van der Waals surface area contributed by atoms with E-state index in [-0.39, 0.29) is 0 Å². The van der Waals surface area contributed by atoms with Gasteiger partial charge in [-0.3, -0.25) is 4.90 Å². The fourth-order valence-corrected chi connectivity index (χ4v) is 3.59. The van der Waals surface area contributed by atoms with Crippen molar-refractivity contribution in [3.63, 3.8) is 0 Å². The predicted octanol–water partition coefficient (Wildman–Crippen LogP) is 2.88. The first-order valence-corrected chi connectivity index (χ1v) is 9.25. The molecule has 0 amide bonds. The highest BCUT2D eigenvalue weighted by Gasteiger charge is 2.29. The van der Waals surface area contributed by atoms with Gasteiger partial charge in [0, 0.05) is 18.0 Å². The van der Waals surface area contributed by atoms with Crippen LogP contribution < -0.4 is 10.1 Å². The van der Waals surface area contributed by atoms with Crippen molar-refractivity contribution < 1.29 is 9.26 Å². The van der Waals surface area contributed by atoms with E-state index in [4.69, 9.17) is 9.26 Å². The third-order valence-corrected chi connectivity index (χ3v) is 5.12. The molecule has 1 aliphatic heterocycles. The molecule has 0 bridgehead atoms. The Kier molecular flexibility index (Phi) is 4.99. The van der Waals surface area contributed by atoms with Crippen LogP contribution >= 0.6 is 0 Å². The number of likely N-dealkylation sites (tertiary alicyclic amines) is 1. The summed E-state index contributed by atoms with van der Waals surface area (Å²) in [4.78, 5) is 7.03. The van der Waals surface area contributed by atoms with E-state index in [0.717, 1.165) is 31.2 Å². The molecule has 4 rings (SSSR count). The Morgan fingerprint density at radius 1 is 1.28 bits per heavy atom. The van der Waals surface area contributed by atoms with Crippen LogP contribution in [0.5, 0.6) is 5.75 Å². The minimum Gasteiger partial charge on any atom is -0.496 e. The summed E-state index contributed by atoms with van der Waals surface area (Å²) in [5.74, 6) is 3.04. The molecule has 1 saturated heterocycles. The number of ether oxygens (including phenoxy) is 1. The van der Waals surface area contributed by atoms with Gasteiger partial charge in [-0.15, -0.1) is 0 Å². The van der Waals surface area contributed by atoms with Crippen LogP contribution in [0.15, 0.2) is 28.8 Å². The minimum absolute atomic E-state index is 0.296. The molecule has 1 aliphatic carbocycles. The van der Waals surface area contributed by atoms with Crippen molar-refractivity contribution in [1.29, 1.82) is 0 Å². The number of methoxy groups -OCH3 is 1. The van der Waals surface area contributed by atoms with Gasteiger partial charge in [0.2, 0.25) is 5.89 Å². The highest BCUT2D eigenvalue weighted by Crippen LogP contribution is 2.38. The number of hydrogen-bond acceptors (Lipinski definition) is 6. The average molecular weight is 342 g/mol. The highest BCUT2D eigenvalue weighted by atomic mass is 16.5. The Balaban J connectivity index is 1.42. The summed E-state index contributed by atoms with van der Waals surface area (Å²) in [5.41, 5.74) is 1.24. The summed E-state index contributed by atoms with van der Waals surface area (Å²) in [6.07, 6.45) is 4.91. The van der Waals surface area contributed by atoms with Crippen LogP contribution in [0, 0.1) is 0 Å². The summed E-state index contributed by atoms with van der Waals surface area (Å²) in [7, 11) is 1.74. The molecule has 0 unspecified atom stereocenters. The topological polar surface area (TPSA) is 63.4 Å². The van der Waals surface area contributed by atoms with E-state index in [9.17, 15) is 0 Å². The molecule has 1 aromatic heterocycles. The van der Waals surface area contributed by atoms with Gasteiger partial charge in [0.15, 0.2) is 5.82 Å². The molecule has 2 heterocycles. The summed E-state index contributed by atoms with van der Waals surface area (Å²) in [5, 5.41) is 7.59. The maximum Gasteiger partial charge on any atom is 0.240 e.